The average Bonchev–Trinajstić information content (AvgIpc) is 2.91. The van der Waals surface area contributed by atoms with E-state index in [1.54, 1.807) is 17.7 Å². The fraction of sp³-hybridized carbons (Fsp3) is 0.600. The summed E-state index contributed by atoms with van der Waals surface area (Å²) < 4.78 is 1.57. The summed E-state index contributed by atoms with van der Waals surface area (Å²) in [5, 5.41) is 8.76. The van der Waals surface area contributed by atoms with Gasteiger partial charge in [-0.25, -0.2) is 4.79 Å². The van der Waals surface area contributed by atoms with Crippen LogP contribution in [0.15, 0.2) is 15.8 Å². The summed E-state index contributed by atoms with van der Waals surface area (Å²) in [6.45, 7) is 1.83. The maximum atomic E-state index is 11.5. The molecule has 1 aliphatic rings. The third-order valence-electron chi connectivity index (χ3n) is 2.89. The van der Waals surface area contributed by atoms with E-state index in [4.69, 9.17) is 5.11 Å². The summed E-state index contributed by atoms with van der Waals surface area (Å²) in [6, 6.07) is 0.153. The Labute approximate surface area is 86.4 Å². The Morgan fingerprint density at radius 2 is 2.33 bits per heavy atom. The van der Waals surface area contributed by atoms with E-state index in [-0.39, 0.29) is 23.9 Å². The van der Waals surface area contributed by atoms with Gasteiger partial charge < -0.3 is 5.11 Å². The van der Waals surface area contributed by atoms with Gasteiger partial charge in [0.1, 0.15) is 0 Å². The second kappa shape index (κ2) is 3.66. The minimum absolute atomic E-state index is 0.151. The Bertz CT molecular complexity index is 474. The van der Waals surface area contributed by atoms with Crippen LogP contribution in [-0.2, 0) is 0 Å². The van der Waals surface area contributed by atoms with Gasteiger partial charge in [-0.15, -0.1) is 0 Å². The zero-order chi connectivity index (χ0) is 11.0. The Balaban J connectivity index is 2.28. The Hall–Kier alpha value is -1.36. The molecule has 2 unspecified atom stereocenters. The summed E-state index contributed by atoms with van der Waals surface area (Å²) in [5.41, 5.74) is -0.129. The number of aromatic amines is 1. The van der Waals surface area contributed by atoms with Crippen LogP contribution in [0, 0.1) is 12.8 Å². The van der Waals surface area contributed by atoms with E-state index in [2.05, 4.69) is 4.98 Å². The third-order valence-corrected chi connectivity index (χ3v) is 2.89. The zero-order valence-corrected chi connectivity index (χ0v) is 8.56. The maximum absolute atomic E-state index is 11.5. The van der Waals surface area contributed by atoms with Crippen molar-refractivity contribution < 1.29 is 5.11 Å². The van der Waals surface area contributed by atoms with Crippen molar-refractivity contribution in [1.82, 2.24) is 9.55 Å². The molecule has 0 aliphatic heterocycles. The highest BCUT2D eigenvalue weighted by atomic mass is 16.3. The van der Waals surface area contributed by atoms with Gasteiger partial charge in [-0.05, 0) is 25.7 Å². The van der Waals surface area contributed by atoms with Crippen molar-refractivity contribution in [2.24, 2.45) is 5.92 Å². The van der Waals surface area contributed by atoms with Gasteiger partial charge in [0.15, 0.2) is 0 Å². The third kappa shape index (κ3) is 1.87. The number of rotatable bonds is 3. The number of hydrogen-bond donors (Lipinski definition) is 2. The first-order valence-electron chi connectivity index (χ1n) is 5.06. The van der Waals surface area contributed by atoms with E-state index in [0.29, 0.717) is 11.5 Å². The molecule has 1 heterocycles. The quantitative estimate of drug-likeness (QED) is 0.724. The van der Waals surface area contributed by atoms with Gasteiger partial charge in [0.2, 0.25) is 0 Å². The van der Waals surface area contributed by atoms with Crippen molar-refractivity contribution in [3.8, 4) is 0 Å². The van der Waals surface area contributed by atoms with Crippen LogP contribution >= 0.6 is 0 Å². The Kier molecular flexibility index (Phi) is 2.48. The van der Waals surface area contributed by atoms with Gasteiger partial charge in [-0.1, -0.05) is 0 Å². The van der Waals surface area contributed by atoms with Gasteiger partial charge in [0.25, 0.3) is 5.56 Å². The van der Waals surface area contributed by atoms with E-state index >= 15 is 0 Å². The van der Waals surface area contributed by atoms with Gasteiger partial charge >= 0.3 is 5.69 Å². The van der Waals surface area contributed by atoms with Crippen LogP contribution in [0.3, 0.4) is 0 Å². The van der Waals surface area contributed by atoms with Crippen molar-refractivity contribution in [3.63, 3.8) is 0 Å². The molecule has 5 nitrogen and oxygen atoms in total. The molecule has 1 saturated carbocycles. The SMILES string of the molecule is Cc1cn(C2CC2CCO)c(=O)[nH]c1=O. The van der Waals surface area contributed by atoms with E-state index in [1.807, 2.05) is 0 Å². The molecule has 0 amide bonds. The molecular formula is C10H14N2O3. The normalized spacial score (nSPS) is 24.1. The highest BCUT2D eigenvalue weighted by Gasteiger charge is 2.38. The highest BCUT2D eigenvalue weighted by molar-refractivity contribution is 5.05. The first kappa shape index (κ1) is 10.2. The van der Waals surface area contributed by atoms with Crippen LogP contribution in [0.1, 0.15) is 24.4 Å². The lowest BCUT2D eigenvalue weighted by Crippen LogP contribution is -2.30. The summed E-state index contributed by atoms with van der Waals surface area (Å²) >= 11 is 0. The number of aromatic nitrogens is 2. The average molecular weight is 210 g/mol. The first-order chi connectivity index (χ1) is 7.13. The van der Waals surface area contributed by atoms with Crippen molar-refractivity contribution >= 4 is 0 Å². The monoisotopic (exact) mass is 210 g/mol. The van der Waals surface area contributed by atoms with Crippen molar-refractivity contribution in [2.75, 3.05) is 6.61 Å². The highest BCUT2D eigenvalue weighted by Crippen LogP contribution is 2.44. The molecule has 1 fully saturated rings. The van der Waals surface area contributed by atoms with E-state index < -0.39 is 0 Å². The van der Waals surface area contributed by atoms with Crippen LogP contribution in [0.25, 0.3) is 0 Å². The predicted octanol–water partition coefficient (Wildman–Crippen LogP) is -0.212. The van der Waals surface area contributed by atoms with Crippen molar-refractivity contribution in [2.45, 2.75) is 25.8 Å². The molecule has 0 aromatic carbocycles. The lowest BCUT2D eigenvalue weighted by Gasteiger charge is -2.04. The van der Waals surface area contributed by atoms with Crippen LogP contribution in [0.2, 0.25) is 0 Å². The van der Waals surface area contributed by atoms with Crippen LogP contribution in [-0.4, -0.2) is 21.3 Å². The lowest BCUT2D eigenvalue weighted by molar-refractivity contribution is 0.276. The number of hydrogen-bond acceptors (Lipinski definition) is 3. The van der Waals surface area contributed by atoms with Gasteiger partial charge in [0, 0.05) is 24.4 Å². The summed E-state index contributed by atoms with van der Waals surface area (Å²) in [5.74, 6) is 0.373. The van der Waals surface area contributed by atoms with E-state index in [9.17, 15) is 9.59 Å². The second-order valence-corrected chi connectivity index (χ2v) is 4.05. The maximum Gasteiger partial charge on any atom is 0.328 e. The van der Waals surface area contributed by atoms with Crippen LogP contribution in [0.5, 0.6) is 0 Å². The standard InChI is InChI=1S/C10H14N2O3/c1-6-5-12(10(15)11-9(6)14)8-4-7(8)2-3-13/h5,7-8,13H,2-4H2,1H3,(H,11,14,15). The molecule has 2 N–H and O–H groups in total. The number of aryl methyl sites for hydroxylation is 1. The minimum Gasteiger partial charge on any atom is -0.396 e. The molecule has 1 aromatic rings. The molecule has 2 rings (SSSR count). The zero-order valence-electron chi connectivity index (χ0n) is 8.56. The molecule has 1 aromatic heterocycles. The second-order valence-electron chi connectivity index (χ2n) is 4.05. The largest absolute Gasteiger partial charge is 0.396 e. The topological polar surface area (TPSA) is 75.1 Å². The summed E-state index contributed by atoms with van der Waals surface area (Å²) in [7, 11) is 0. The van der Waals surface area contributed by atoms with Gasteiger partial charge in [-0.2, -0.15) is 0 Å². The molecule has 0 bridgehead atoms. The minimum atomic E-state index is -0.351. The van der Waals surface area contributed by atoms with Crippen molar-refractivity contribution in [3.05, 3.63) is 32.6 Å². The number of nitrogens with zero attached hydrogens (tertiary/aromatic N) is 1. The van der Waals surface area contributed by atoms with Gasteiger partial charge in [0.05, 0.1) is 0 Å². The Morgan fingerprint density at radius 1 is 1.60 bits per heavy atom. The Morgan fingerprint density at radius 3 is 3.00 bits per heavy atom. The fourth-order valence-electron chi connectivity index (χ4n) is 1.88. The van der Waals surface area contributed by atoms with Crippen molar-refractivity contribution in [1.29, 1.82) is 0 Å². The first-order valence-corrected chi connectivity index (χ1v) is 5.06. The molecule has 0 saturated heterocycles. The molecule has 82 valence electrons. The van der Waals surface area contributed by atoms with E-state index in [1.165, 1.54) is 0 Å². The lowest BCUT2D eigenvalue weighted by atomic mass is 10.3. The number of H-pyrrole nitrogens is 1. The predicted molar refractivity (Wildman–Crippen MR) is 54.9 cm³/mol. The molecule has 15 heavy (non-hydrogen) atoms. The number of aliphatic hydroxyl groups is 1. The molecule has 1 aliphatic carbocycles. The van der Waals surface area contributed by atoms with Gasteiger partial charge in [-0.3, -0.25) is 14.3 Å². The van der Waals surface area contributed by atoms with Crippen LogP contribution < -0.4 is 11.2 Å². The molecule has 2 atom stereocenters. The summed E-state index contributed by atoms with van der Waals surface area (Å²) in [4.78, 5) is 24.9. The molecular weight excluding hydrogens is 196 g/mol. The number of aliphatic hydroxyl groups excluding tert-OH is 1. The number of nitrogens with one attached hydrogen (secondary N) is 1. The molecule has 0 spiro atoms. The van der Waals surface area contributed by atoms with Crippen LogP contribution in [0.4, 0.5) is 0 Å². The molecule has 0 radical (unpaired) electrons. The molecule has 5 heteroatoms. The van der Waals surface area contributed by atoms with E-state index in [0.717, 1.165) is 12.8 Å². The summed E-state index contributed by atoms with van der Waals surface area (Å²) in [6.07, 6.45) is 3.23. The smallest absolute Gasteiger partial charge is 0.328 e. The fourth-order valence-corrected chi connectivity index (χ4v) is 1.88.